The number of morpholine rings is 1. The quantitative estimate of drug-likeness (QED) is 0.315. The Morgan fingerprint density at radius 2 is 1.77 bits per heavy atom. The lowest BCUT2D eigenvalue weighted by Crippen LogP contribution is -2.38. The van der Waals surface area contributed by atoms with Crippen LogP contribution in [-0.4, -0.2) is 87.9 Å². The fourth-order valence-corrected chi connectivity index (χ4v) is 5.59. The average molecular weight is 615 g/mol. The Morgan fingerprint density at radius 3 is 2.45 bits per heavy atom. The minimum Gasteiger partial charge on any atom is -0.474 e. The van der Waals surface area contributed by atoms with E-state index in [-0.39, 0.29) is 30.2 Å². The zero-order valence-corrected chi connectivity index (χ0v) is 25.7. The molecular formula is C31H40F2N6O5. The molecule has 1 aliphatic heterocycles. The second kappa shape index (κ2) is 13.4. The van der Waals surface area contributed by atoms with Crippen LogP contribution in [0.1, 0.15) is 65.1 Å². The molecule has 0 bridgehead atoms. The van der Waals surface area contributed by atoms with Crippen molar-refractivity contribution in [2.45, 2.75) is 71.0 Å². The lowest BCUT2D eigenvalue weighted by Gasteiger charge is -2.30. The molecule has 2 aliphatic rings. The molecule has 13 heteroatoms. The number of carbonyl (C=O) groups is 2. The number of ether oxygens (including phenoxy) is 3. The number of hydrogen-bond donors (Lipinski definition) is 0. The zero-order valence-electron chi connectivity index (χ0n) is 25.7. The van der Waals surface area contributed by atoms with Gasteiger partial charge in [0.05, 0.1) is 30.8 Å². The van der Waals surface area contributed by atoms with E-state index < -0.39 is 23.9 Å². The van der Waals surface area contributed by atoms with Crippen molar-refractivity contribution < 1.29 is 32.6 Å². The Kier molecular flexibility index (Phi) is 9.62. The Balaban J connectivity index is 1.28. The van der Waals surface area contributed by atoms with Gasteiger partial charge in [-0.25, -0.2) is 18.6 Å². The minimum absolute atomic E-state index is 0.00289. The summed E-state index contributed by atoms with van der Waals surface area (Å²) in [5.41, 5.74) is 0.336. The number of carbonyl (C=O) groups excluding carboxylic acids is 2. The van der Waals surface area contributed by atoms with Gasteiger partial charge in [0.15, 0.2) is 11.6 Å². The van der Waals surface area contributed by atoms with E-state index in [1.807, 2.05) is 4.90 Å². The molecular weight excluding hydrogens is 574 g/mol. The fourth-order valence-electron chi connectivity index (χ4n) is 5.59. The number of para-hydroxylation sites is 2. The number of fused-ring (bicyclic) bond motifs is 1. The van der Waals surface area contributed by atoms with E-state index in [1.54, 1.807) is 58.2 Å². The third-order valence-corrected chi connectivity index (χ3v) is 7.70. The number of hydrogen-bond acceptors (Lipinski definition) is 9. The van der Waals surface area contributed by atoms with Crippen molar-refractivity contribution in [3.8, 4) is 11.7 Å². The monoisotopic (exact) mass is 614 g/mol. The normalized spacial score (nSPS) is 19.3. The first-order chi connectivity index (χ1) is 21.0. The van der Waals surface area contributed by atoms with Crippen molar-refractivity contribution in [2.24, 2.45) is 5.92 Å². The van der Waals surface area contributed by atoms with Crippen LogP contribution in [0.15, 0.2) is 30.3 Å². The molecule has 3 heterocycles. The van der Waals surface area contributed by atoms with Crippen molar-refractivity contribution in [1.29, 1.82) is 0 Å². The summed E-state index contributed by atoms with van der Waals surface area (Å²) in [5.74, 6) is 0.714. The van der Waals surface area contributed by atoms with Gasteiger partial charge in [0, 0.05) is 32.6 Å². The maximum absolute atomic E-state index is 14.1. The molecule has 0 spiro atoms. The number of Topliss-reactive ketones (excluding diaryl/α,β-unsaturated/α-hetero) is 1. The highest BCUT2D eigenvalue weighted by molar-refractivity contribution is 5.84. The highest BCUT2D eigenvalue weighted by Crippen LogP contribution is 2.32. The number of rotatable bonds is 9. The number of nitrogens with zero attached hydrogens (tertiary/aromatic N) is 6. The van der Waals surface area contributed by atoms with E-state index in [0.29, 0.717) is 68.4 Å². The van der Waals surface area contributed by atoms with Crippen molar-refractivity contribution in [3.63, 3.8) is 0 Å². The Bertz CT molecular complexity index is 1460. The van der Waals surface area contributed by atoms with Gasteiger partial charge >= 0.3 is 6.09 Å². The van der Waals surface area contributed by atoms with Gasteiger partial charge in [0.1, 0.15) is 17.5 Å². The second-order valence-electron chi connectivity index (χ2n) is 12.4. The number of ketones is 1. The summed E-state index contributed by atoms with van der Waals surface area (Å²) in [7, 11) is 1.56. The number of benzene rings is 1. The largest absolute Gasteiger partial charge is 0.474 e. The van der Waals surface area contributed by atoms with E-state index in [0.717, 1.165) is 12.8 Å². The van der Waals surface area contributed by atoms with Crippen LogP contribution >= 0.6 is 0 Å². The molecule has 1 aromatic carbocycles. The molecule has 11 nitrogen and oxygen atoms in total. The van der Waals surface area contributed by atoms with Gasteiger partial charge in [-0.2, -0.15) is 9.97 Å². The van der Waals surface area contributed by atoms with Gasteiger partial charge in [-0.05, 0) is 64.5 Å². The number of alkyl halides is 2. The van der Waals surface area contributed by atoms with Gasteiger partial charge in [0.2, 0.25) is 11.8 Å². The fraction of sp³-hybridized carbons (Fsp3) is 0.581. The van der Waals surface area contributed by atoms with Crippen molar-refractivity contribution in [2.75, 3.05) is 44.8 Å². The van der Waals surface area contributed by atoms with Crippen molar-refractivity contribution >= 4 is 28.9 Å². The van der Waals surface area contributed by atoms with Gasteiger partial charge in [-0.3, -0.25) is 9.36 Å². The molecule has 238 valence electrons. The molecule has 3 aromatic rings. The number of anilines is 1. The van der Waals surface area contributed by atoms with Gasteiger partial charge in [-0.15, -0.1) is 0 Å². The maximum Gasteiger partial charge on any atom is 0.410 e. The SMILES string of the molecule is CN(CC(=O)CC1CCC(Oc2cc(-n3c(C(F)F)nc4ccccc43)nc(N3CCOCC3)n2)CC1)C(=O)OC(C)(C)C. The van der Waals surface area contributed by atoms with E-state index in [9.17, 15) is 18.4 Å². The van der Waals surface area contributed by atoms with Crippen LogP contribution in [0.25, 0.3) is 16.9 Å². The Hall–Kier alpha value is -3.87. The molecule has 0 N–H and O–H groups in total. The third-order valence-electron chi connectivity index (χ3n) is 7.70. The summed E-state index contributed by atoms with van der Waals surface area (Å²) in [4.78, 5) is 41.7. The molecule has 44 heavy (non-hydrogen) atoms. The topological polar surface area (TPSA) is 112 Å². The average Bonchev–Trinajstić information content (AvgIpc) is 3.38. The van der Waals surface area contributed by atoms with Gasteiger partial charge in [0.25, 0.3) is 6.43 Å². The summed E-state index contributed by atoms with van der Waals surface area (Å²) in [6, 6.07) is 8.55. The van der Waals surface area contributed by atoms with Crippen molar-refractivity contribution in [3.05, 3.63) is 36.2 Å². The van der Waals surface area contributed by atoms with Gasteiger partial charge < -0.3 is 24.0 Å². The molecule has 0 atom stereocenters. The first-order valence-electron chi connectivity index (χ1n) is 15.1. The summed E-state index contributed by atoms with van der Waals surface area (Å²) in [6.45, 7) is 7.51. The lowest BCUT2D eigenvalue weighted by molar-refractivity contribution is -0.121. The number of likely N-dealkylation sites (N-methyl/N-ethyl adjacent to an activating group) is 1. The van der Waals surface area contributed by atoms with Crippen LogP contribution in [0.5, 0.6) is 5.88 Å². The zero-order chi connectivity index (χ0) is 31.4. The summed E-state index contributed by atoms with van der Waals surface area (Å²) < 4.78 is 46.8. The maximum atomic E-state index is 14.1. The minimum atomic E-state index is -2.81. The highest BCUT2D eigenvalue weighted by atomic mass is 19.3. The van der Waals surface area contributed by atoms with Crippen LogP contribution in [0.4, 0.5) is 19.5 Å². The van der Waals surface area contributed by atoms with E-state index >= 15 is 0 Å². The van der Waals surface area contributed by atoms with Crippen molar-refractivity contribution in [1.82, 2.24) is 24.4 Å². The Labute approximate surface area is 255 Å². The molecule has 0 radical (unpaired) electrons. The van der Waals surface area contributed by atoms with Crippen LogP contribution < -0.4 is 9.64 Å². The molecule has 2 aromatic heterocycles. The molecule has 1 saturated carbocycles. The van der Waals surface area contributed by atoms with Crippen LogP contribution in [0, 0.1) is 5.92 Å². The van der Waals surface area contributed by atoms with E-state index in [1.165, 1.54) is 9.47 Å². The lowest BCUT2D eigenvalue weighted by atomic mass is 9.84. The van der Waals surface area contributed by atoms with Gasteiger partial charge in [-0.1, -0.05) is 12.1 Å². The first-order valence-corrected chi connectivity index (χ1v) is 15.1. The van der Waals surface area contributed by atoms with Crippen LogP contribution in [-0.2, 0) is 14.3 Å². The first kappa shape index (κ1) is 31.6. The number of aromatic nitrogens is 4. The number of amides is 1. The molecule has 1 amide bonds. The molecule has 2 fully saturated rings. The second-order valence-corrected chi connectivity index (χ2v) is 12.4. The highest BCUT2D eigenvalue weighted by Gasteiger charge is 2.28. The number of imidazole rings is 1. The number of halogens is 2. The summed E-state index contributed by atoms with van der Waals surface area (Å²) in [5, 5.41) is 0. The van der Waals surface area contributed by atoms with Crippen LogP contribution in [0.2, 0.25) is 0 Å². The Morgan fingerprint density at radius 1 is 1.07 bits per heavy atom. The van der Waals surface area contributed by atoms with E-state index in [2.05, 4.69) is 15.0 Å². The predicted octanol–water partition coefficient (Wildman–Crippen LogP) is 5.35. The van der Waals surface area contributed by atoms with E-state index in [4.69, 9.17) is 14.2 Å². The summed E-state index contributed by atoms with van der Waals surface area (Å²) in [6.07, 6.45) is -0.123. The molecule has 1 aliphatic carbocycles. The molecule has 1 saturated heterocycles. The predicted molar refractivity (Wildman–Crippen MR) is 160 cm³/mol. The smallest absolute Gasteiger partial charge is 0.410 e. The van der Waals surface area contributed by atoms with Crippen LogP contribution in [0.3, 0.4) is 0 Å². The standard InChI is InChI=1S/C31H40F2N6O5/c1-31(2,3)44-30(41)37(4)19-21(40)17-20-9-11-22(12-10-20)43-26-18-25(35-29(36-26)38-13-15-42-16-14-38)39-24-8-6-5-7-23(24)34-28(39)27(32)33/h5-8,18,20,22,27H,9-17,19H2,1-4H3. The molecule has 0 unspecified atom stereocenters. The molecule has 5 rings (SSSR count). The summed E-state index contributed by atoms with van der Waals surface area (Å²) >= 11 is 0. The third kappa shape index (κ3) is 7.79.